The first-order valence-electron chi connectivity index (χ1n) is 8.82. The van der Waals surface area contributed by atoms with Crippen LogP contribution in [0.1, 0.15) is 11.1 Å². The largest absolute Gasteiger partial charge is 0.326 e. The molecule has 0 radical (unpaired) electrons. The third-order valence-corrected chi connectivity index (χ3v) is 6.92. The minimum atomic E-state index is -3.61. The van der Waals surface area contributed by atoms with Crippen molar-refractivity contribution >= 4 is 21.6 Å². The second kappa shape index (κ2) is 7.03. The molecule has 0 spiro atoms. The lowest BCUT2D eigenvalue weighted by Crippen LogP contribution is -2.48. The molecule has 2 heterocycles. The van der Waals surface area contributed by atoms with E-state index in [2.05, 4.69) is 10.2 Å². The summed E-state index contributed by atoms with van der Waals surface area (Å²) in [5.74, 6) is -0.366. The maximum atomic E-state index is 13.8. The number of piperazine rings is 1. The Bertz CT molecular complexity index is 985. The van der Waals surface area contributed by atoms with Crippen LogP contribution in [0.2, 0.25) is 0 Å². The van der Waals surface area contributed by atoms with E-state index >= 15 is 0 Å². The zero-order valence-electron chi connectivity index (χ0n) is 14.7. The molecular formula is C19H20FN3O3S. The normalized spacial score (nSPS) is 18.3. The van der Waals surface area contributed by atoms with Gasteiger partial charge in [-0.25, -0.2) is 12.8 Å². The number of sulfonamides is 1. The van der Waals surface area contributed by atoms with Crippen LogP contribution < -0.4 is 5.32 Å². The van der Waals surface area contributed by atoms with Crippen LogP contribution in [0.15, 0.2) is 47.4 Å². The van der Waals surface area contributed by atoms with E-state index in [1.54, 1.807) is 30.3 Å². The Balaban J connectivity index is 1.44. The molecule has 1 saturated heterocycles. The molecular weight excluding hydrogens is 369 g/mol. The van der Waals surface area contributed by atoms with Gasteiger partial charge in [0.15, 0.2) is 0 Å². The zero-order valence-corrected chi connectivity index (χ0v) is 15.5. The van der Waals surface area contributed by atoms with E-state index in [4.69, 9.17) is 0 Å². The van der Waals surface area contributed by atoms with Gasteiger partial charge in [0.25, 0.3) is 0 Å². The number of benzene rings is 2. The van der Waals surface area contributed by atoms with Crippen molar-refractivity contribution in [3.8, 4) is 0 Å². The predicted octanol–water partition coefficient (Wildman–Crippen LogP) is 1.83. The van der Waals surface area contributed by atoms with Crippen molar-refractivity contribution in [2.75, 3.05) is 31.5 Å². The molecule has 142 valence electrons. The summed E-state index contributed by atoms with van der Waals surface area (Å²) in [5, 5.41) is 2.70. The summed E-state index contributed by atoms with van der Waals surface area (Å²) in [6.07, 6.45) is 0.203. The van der Waals surface area contributed by atoms with Crippen LogP contribution in [0, 0.1) is 5.82 Å². The summed E-state index contributed by atoms with van der Waals surface area (Å²) in [6, 6.07) is 11.4. The Morgan fingerprint density at radius 1 is 1.04 bits per heavy atom. The van der Waals surface area contributed by atoms with E-state index in [-0.39, 0.29) is 23.0 Å². The Morgan fingerprint density at radius 2 is 1.78 bits per heavy atom. The molecule has 4 rings (SSSR count). The van der Waals surface area contributed by atoms with Gasteiger partial charge in [-0.3, -0.25) is 9.69 Å². The van der Waals surface area contributed by atoms with Crippen LogP contribution in [0.25, 0.3) is 0 Å². The van der Waals surface area contributed by atoms with E-state index in [0.717, 1.165) is 0 Å². The lowest BCUT2D eigenvalue weighted by atomic mass is 10.2. The Labute approximate surface area is 157 Å². The standard InChI is InChI=1S/C19H20FN3O3S/c20-17-4-2-1-3-14(17)13-22-7-9-23(10-8-22)27(25,26)16-5-6-18-15(11-16)12-19(24)21-18/h1-6,11H,7-10,12-13H2,(H,21,24). The van der Waals surface area contributed by atoms with Gasteiger partial charge >= 0.3 is 0 Å². The van der Waals surface area contributed by atoms with Crippen molar-refractivity contribution in [2.45, 2.75) is 17.9 Å². The summed E-state index contributed by atoms with van der Waals surface area (Å²) in [4.78, 5) is 13.7. The minimum absolute atomic E-state index is 0.124. The number of nitrogens with zero attached hydrogens (tertiary/aromatic N) is 2. The van der Waals surface area contributed by atoms with Gasteiger partial charge in [0.2, 0.25) is 15.9 Å². The first kappa shape index (κ1) is 18.1. The van der Waals surface area contributed by atoms with E-state index in [1.807, 2.05) is 0 Å². The molecule has 6 nitrogen and oxygen atoms in total. The van der Waals surface area contributed by atoms with Crippen molar-refractivity contribution in [3.05, 3.63) is 59.4 Å². The number of fused-ring (bicyclic) bond motifs is 1. The highest BCUT2D eigenvalue weighted by Gasteiger charge is 2.30. The number of carbonyl (C=O) groups is 1. The molecule has 1 amide bonds. The molecule has 2 aliphatic rings. The van der Waals surface area contributed by atoms with Gasteiger partial charge in [-0.2, -0.15) is 4.31 Å². The number of hydrogen-bond acceptors (Lipinski definition) is 4. The van der Waals surface area contributed by atoms with Gasteiger partial charge < -0.3 is 5.32 Å². The van der Waals surface area contributed by atoms with Crippen LogP contribution in [0.4, 0.5) is 10.1 Å². The summed E-state index contributed by atoms with van der Waals surface area (Å²) in [6.45, 7) is 2.25. The number of amides is 1. The maximum Gasteiger partial charge on any atom is 0.243 e. The summed E-state index contributed by atoms with van der Waals surface area (Å²) >= 11 is 0. The second-order valence-corrected chi connectivity index (χ2v) is 8.75. The highest BCUT2D eigenvalue weighted by Crippen LogP contribution is 2.27. The molecule has 2 aromatic carbocycles. The lowest BCUT2D eigenvalue weighted by molar-refractivity contribution is -0.115. The van der Waals surface area contributed by atoms with Crippen molar-refractivity contribution in [1.29, 1.82) is 0 Å². The summed E-state index contributed by atoms with van der Waals surface area (Å²) in [7, 11) is -3.61. The fraction of sp³-hybridized carbons (Fsp3) is 0.316. The summed E-state index contributed by atoms with van der Waals surface area (Å²) < 4.78 is 41.1. The van der Waals surface area contributed by atoms with Gasteiger partial charge in [0.05, 0.1) is 11.3 Å². The van der Waals surface area contributed by atoms with Crippen molar-refractivity contribution < 1.29 is 17.6 Å². The number of halogens is 1. The van der Waals surface area contributed by atoms with E-state index in [1.165, 1.54) is 16.4 Å². The molecule has 0 aromatic heterocycles. The third kappa shape index (κ3) is 3.60. The molecule has 0 bridgehead atoms. The SMILES string of the molecule is O=C1Cc2cc(S(=O)(=O)N3CCN(Cc4ccccc4F)CC3)ccc2N1. The molecule has 8 heteroatoms. The van der Waals surface area contributed by atoms with Crippen LogP contribution >= 0.6 is 0 Å². The average molecular weight is 389 g/mol. The molecule has 27 heavy (non-hydrogen) atoms. The van der Waals surface area contributed by atoms with Gasteiger partial charge in [-0.1, -0.05) is 18.2 Å². The third-order valence-electron chi connectivity index (χ3n) is 5.02. The number of hydrogen-bond donors (Lipinski definition) is 1. The second-order valence-electron chi connectivity index (χ2n) is 6.82. The minimum Gasteiger partial charge on any atom is -0.326 e. The van der Waals surface area contributed by atoms with Gasteiger partial charge in [0.1, 0.15) is 5.82 Å². The fourth-order valence-corrected chi connectivity index (χ4v) is 4.98. The van der Waals surface area contributed by atoms with E-state index in [0.29, 0.717) is 49.5 Å². The molecule has 0 atom stereocenters. The Kier molecular flexibility index (Phi) is 4.71. The molecule has 0 aliphatic carbocycles. The number of nitrogens with one attached hydrogen (secondary N) is 1. The van der Waals surface area contributed by atoms with Crippen molar-refractivity contribution in [1.82, 2.24) is 9.21 Å². The quantitative estimate of drug-likeness (QED) is 0.866. The number of anilines is 1. The first-order valence-corrected chi connectivity index (χ1v) is 10.3. The first-order chi connectivity index (χ1) is 12.9. The number of carbonyl (C=O) groups excluding carboxylic acids is 1. The van der Waals surface area contributed by atoms with Gasteiger partial charge in [0, 0.05) is 44.0 Å². The van der Waals surface area contributed by atoms with Gasteiger partial charge in [-0.05, 0) is 29.8 Å². The molecule has 0 saturated carbocycles. The smallest absolute Gasteiger partial charge is 0.243 e. The van der Waals surface area contributed by atoms with E-state index in [9.17, 15) is 17.6 Å². The zero-order chi connectivity index (χ0) is 19.0. The van der Waals surface area contributed by atoms with Crippen LogP contribution in [-0.2, 0) is 27.8 Å². The Morgan fingerprint density at radius 3 is 2.52 bits per heavy atom. The lowest BCUT2D eigenvalue weighted by Gasteiger charge is -2.34. The van der Waals surface area contributed by atoms with Crippen LogP contribution in [0.5, 0.6) is 0 Å². The monoisotopic (exact) mass is 389 g/mol. The number of rotatable bonds is 4. The van der Waals surface area contributed by atoms with E-state index < -0.39 is 10.0 Å². The van der Waals surface area contributed by atoms with Crippen molar-refractivity contribution in [3.63, 3.8) is 0 Å². The Hall–Kier alpha value is -2.29. The molecule has 1 N–H and O–H groups in total. The molecule has 0 unspecified atom stereocenters. The highest BCUT2D eigenvalue weighted by molar-refractivity contribution is 7.89. The average Bonchev–Trinajstić information content (AvgIpc) is 3.03. The predicted molar refractivity (Wildman–Crippen MR) is 99.2 cm³/mol. The van der Waals surface area contributed by atoms with Crippen LogP contribution in [0.3, 0.4) is 0 Å². The highest BCUT2D eigenvalue weighted by atomic mass is 32.2. The molecule has 2 aliphatic heterocycles. The molecule has 2 aromatic rings. The van der Waals surface area contributed by atoms with Gasteiger partial charge in [-0.15, -0.1) is 0 Å². The van der Waals surface area contributed by atoms with Crippen LogP contribution in [-0.4, -0.2) is 49.7 Å². The fourth-order valence-electron chi connectivity index (χ4n) is 3.51. The molecule has 1 fully saturated rings. The topological polar surface area (TPSA) is 69.7 Å². The van der Waals surface area contributed by atoms with Crippen molar-refractivity contribution in [2.24, 2.45) is 0 Å². The maximum absolute atomic E-state index is 13.8. The summed E-state index contributed by atoms with van der Waals surface area (Å²) in [5.41, 5.74) is 2.00.